The highest BCUT2D eigenvalue weighted by atomic mass is 16.6. The fourth-order valence-corrected chi connectivity index (χ4v) is 3.39. The quantitative estimate of drug-likeness (QED) is 0.276. The Balaban J connectivity index is 1.51. The third kappa shape index (κ3) is 6.52. The Morgan fingerprint density at radius 1 is 1.16 bits per heavy atom. The van der Waals surface area contributed by atoms with Crippen LogP contribution < -0.4 is 10.2 Å². The van der Waals surface area contributed by atoms with Crippen molar-refractivity contribution in [3.8, 4) is 0 Å². The molecule has 1 N–H and O–H groups in total. The number of esters is 1. The molecule has 9 nitrogen and oxygen atoms in total. The van der Waals surface area contributed by atoms with E-state index in [1.54, 1.807) is 6.07 Å². The third-order valence-electron chi connectivity index (χ3n) is 5.18. The van der Waals surface area contributed by atoms with Crippen molar-refractivity contribution >= 4 is 23.3 Å². The maximum absolute atomic E-state index is 12.7. The van der Waals surface area contributed by atoms with Crippen molar-refractivity contribution in [2.24, 2.45) is 0 Å². The summed E-state index contributed by atoms with van der Waals surface area (Å²) in [6.07, 6.45) is 0.964. The fourth-order valence-electron chi connectivity index (χ4n) is 3.39. The largest absolute Gasteiger partial charge is 0.460 e. The van der Waals surface area contributed by atoms with Crippen LogP contribution in [-0.4, -0.2) is 56.3 Å². The monoisotopic (exact) mass is 441 g/mol. The van der Waals surface area contributed by atoms with Crippen molar-refractivity contribution < 1.29 is 24.0 Å². The van der Waals surface area contributed by atoms with Crippen LogP contribution in [0.1, 0.15) is 27.9 Å². The number of hydrogen-bond donors (Lipinski definition) is 1. The van der Waals surface area contributed by atoms with Crippen LogP contribution in [-0.2, 0) is 20.7 Å². The summed E-state index contributed by atoms with van der Waals surface area (Å²) in [4.78, 5) is 37.2. The van der Waals surface area contributed by atoms with Crippen LogP contribution in [0.2, 0.25) is 0 Å². The van der Waals surface area contributed by atoms with E-state index in [9.17, 15) is 19.7 Å². The first kappa shape index (κ1) is 23.2. The molecule has 170 valence electrons. The zero-order chi connectivity index (χ0) is 22.9. The highest BCUT2D eigenvalue weighted by Crippen LogP contribution is 2.27. The molecule has 9 heteroatoms. The molecule has 1 fully saturated rings. The smallest absolute Gasteiger partial charge is 0.340 e. The zero-order valence-corrected chi connectivity index (χ0v) is 18.0. The molecule has 1 aliphatic rings. The molecule has 0 atom stereocenters. The van der Waals surface area contributed by atoms with Crippen LogP contribution in [0.5, 0.6) is 0 Å². The van der Waals surface area contributed by atoms with Gasteiger partial charge in [0.2, 0.25) is 5.91 Å². The van der Waals surface area contributed by atoms with E-state index >= 15 is 0 Å². The van der Waals surface area contributed by atoms with Crippen molar-refractivity contribution in [1.82, 2.24) is 5.32 Å². The maximum atomic E-state index is 12.7. The first-order chi connectivity index (χ1) is 15.4. The van der Waals surface area contributed by atoms with E-state index in [1.165, 1.54) is 17.7 Å². The molecule has 0 aliphatic carbocycles. The average Bonchev–Trinajstić information content (AvgIpc) is 2.81. The Labute approximate surface area is 186 Å². The van der Waals surface area contributed by atoms with Crippen LogP contribution in [0.15, 0.2) is 42.5 Å². The van der Waals surface area contributed by atoms with E-state index < -0.39 is 10.9 Å². The minimum atomic E-state index is -0.663. The number of carbonyl (C=O) groups excluding carboxylic acids is 2. The zero-order valence-electron chi connectivity index (χ0n) is 18.0. The Bertz CT molecular complexity index is 955. The lowest BCUT2D eigenvalue weighted by molar-refractivity contribution is -0.384. The molecule has 2 aromatic carbocycles. The van der Waals surface area contributed by atoms with Gasteiger partial charge in [-0.15, -0.1) is 0 Å². The van der Waals surface area contributed by atoms with E-state index in [0.717, 1.165) is 5.56 Å². The number of ether oxygens (including phenoxy) is 2. The van der Waals surface area contributed by atoms with Gasteiger partial charge in [-0.25, -0.2) is 4.79 Å². The normalized spacial score (nSPS) is 13.5. The highest BCUT2D eigenvalue weighted by Gasteiger charge is 2.23. The van der Waals surface area contributed by atoms with Gasteiger partial charge in [0.25, 0.3) is 5.69 Å². The number of nitrogens with one attached hydrogen (secondary N) is 1. The minimum Gasteiger partial charge on any atom is -0.460 e. The summed E-state index contributed by atoms with van der Waals surface area (Å²) in [5, 5.41) is 13.9. The van der Waals surface area contributed by atoms with E-state index in [1.807, 2.05) is 36.1 Å². The summed E-state index contributed by atoms with van der Waals surface area (Å²) in [7, 11) is 0. The molecule has 0 bridgehead atoms. The summed E-state index contributed by atoms with van der Waals surface area (Å²) >= 11 is 0. The predicted octanol–water partition coefficient (Wildman–Crippen LogP) is 2.65. The van der Waals surface area contributed by atoms with E-state index in [2.05, 4.69) is 5.32 Å². The molecular weight excluding hydrogens is 414 g/mol. The third-order valence-corrected chi connectivity index (χ3v) is 5.18. The molecule has 0 unspecified atom stereocenters. The molecule has 2 aromatic rings. The van der Waals surface area contributed by atoms with Gasteiger partial charge in [0.1, 0.15) is 6.61 Å². The number of hydrogen-bond acceptors (Lipinski definition) is 7. The van der Waals surface area contributed by atoms with Gasteiger partial charge in [-0.1, -0.05) is 29.8 Å². The number of amides is 1. The molecule has 0 spiro atoms. The minimum absolute atomic E-state index is 0.0274. The SMILES string of the molecule is Cc1ccc(CCC(=O)NCCOC(=O)c2cc([N+](=O)[O-])ccc2N2CCOCC2)cc1. The Kier molecular flexibility index (Phi) is 8.15. The highest BCUT2D eigenvalue weighted by molar-refractivity contribution is 5.96. The molecule has 1 amide bonds. The lowest BCUT2D eigenvalue weighted by atomic mass is 10.1. The van der Waals surface area contributed by atoms with Crippen LogP contribution in [0.3, 0.4) is 0 Å². The van der Waals surface area contributed by atoms with Gasteiger partial charge in [0.05, 0.1) is 35.9 Å². The second kappa shape index (κ2) is 11.2. The summed E-state index contributed by atoms with van der Waals surface area (Å²) in [5.74, 6) is -0.796. The number of non-ortho nitro benzene ring substituents is 1. The van der Waals surface area contributed by atoms with Crippen molar-refractivity contribution in [2.45, 2.75) is 19.8 Å². The average molecular weight is 441 g/mol. The van der Waals surface area contributed by atoms with Gasteiger partial charge in [-0.3, -0.25) is 14.9 Å². The molecule has 1 aliphatic heterocycles. The Hall–Kier alpha value is -3.46. The molecule has 0 radical (unpaired) electrons. The summed E-state index contributed by atoms with van der Waals surface area (Å²) in [5.41, 5.74) is 2.77. The van der Waals surface area contributed by atoms with Gasteiger partial charge in [0.15, 0.2) is 0 Å². The number of rotatable bonds is 9. The van der Waals surface area contributed by atoms with Gasteiger partial charge in [-0.05, 0) is 25.0 Å². The van der Waals surface area contributed by atoms with Crippen LogP contribution in [0.4, 0.5) is 11.4 Å². The maximum Gasteiger partial charge on any atom is 0.340 e. The lowest BCUT2D eigenvalue weighted by Gasteiger charge is -2.30. The first-order valence-electron chi connectivity index (χ1n) is 10.5. The summed E-state index contributed by atoms with van der Waals surface area (Å²) in [6, 6.07) is 12.2. The van der Waals surface area contributed by atoms with E-state index in [0.29, 0.717) is 44.8 Å². The van der Waals surface area contributed by atoms with E-state index in [4.69, 9.17) is 9.47 Å². The number of anilines is 1. The fraction of sp³-hybridized carbons (Fsp3) is 0.391. The number of aryl methyl sites for hydroxylation is 2. The first-order valence-corrected chi connectivity index (χ1v) is 10.5. The summed E-state index contributed by atoms with van der Waals surface area (Å²) < 4.78 is 10.6. The van der Waals surface area contributed by atoms with Crippen molar-refractivity contribution in [2.75, 3.05) is 44.4 Å². The van der Waals surface area contributed by atoms with Gasteiger partial charge in [0, 0.05) is 31.6 Å². The number of benzene rings is 2. The van der Waals surface area contributed by atoms with E-state index in [-0.39, 0.29) is 30.3 Å². The number of carbonyl (C=O) groups is 2. The molecule has 1 saturated heterocycles. The standard InChI is InChI=1S/C23H27N3O6/c1-17-2-4-18(5-3-17)6-9-22(27)24-10-13-32-23(28)20-16-19(26(29)30)7-8-21(20)25-11-14-31-15-12-25/h2-5,7-8,16H,6,9-15H2,1H3,(H,24,27). The Morgan fingerprint density at radius 3 is 2.56 bits per heavy atom. The lowest BCUT2D eigenvalue weighted by Crippen LogP contribution is -2.37. The Morgan fingerprint density at radius 2 is 1.88 bits per heavy atom. The molecule has 1 heterocycles. The van der Waals surface area contributed by atoms with Crippen LogP contribution >= 0.6 is 0 Å². The topological polar surface area (TPSA) is 111 Å². The number of nitro groups is 1. The second-order valence-corrected chi connectivity index (χ2v) is 7.53. The summed E-state index contributed by atoms with van der Waals surface area (Å²) in [6.45, 7) is 4.33. The van der Waals surface area contributed by atoms with Crippen molar-refractivity contribution in [1.29, 1.82) is 0 Å². The number of morpholine rings is 1. The van der Waals surface area contributed by atoms with Crippen molar-refractivity contribution in [3.05, 3.63) is 69.3 Å². The van der Waals surface area contributed by atoms with Crippen LogP contribution in [0, 0.1) is 17.0 Å². The van der Waals surface area contributed by atoms with Gasteiger partial charge in [-0.2, -0.15) is 0 Å². The van der Waals surface area contributed by atoms with Crippen LogP contribution in [0.25, 0.3) is 0 Å². The predicted molar refractivity (Wildman–Crippen MR) is 119 cm³/mol. The molecular formula is C23H27N3O6. The molecule has 0 aromatic heterocycles. The molecule has 0 saturated carbocycles. The molecule has 3 rings (SSSR count). The number of nitro benzene ring substituents is 1. The number of nitrogens with zero attached hydrogens (tertiary/aromatic N) is 2. The van der Waals surface area contributed by atoms with Crippen molar-refractivity contribution in [3.63, 3.8) is 0 Å². The second-order valence-electron chi connectivity index (χ2n) is 7.53. The molecule has 32 heavy (non-hydrogen) atoms. The van der Waals surface area contributed by atoms with Gasteiger partial charge < -0.3 is 19.7 Å². The van der Waals surface area contributed by atoms with Gasteiger partial charge >= 0.3 is 5.97 Å².